The molecule has 0 bridgehead atoms. The van der Waals surface area contributed by atoms with Crippen LogP contribution in [-0.4, -0.2) is 63.9 Å². The molecule has 0 radical (unpaired) electrons. The van der Waals surface area contributed by atoms with Crippen LogP contribution in [0.5, 0.6) is 0 Å². The second kappa shape index (κ2) is 8.06. The molecule has 1 aliphatic rings. The van der Waals surface area contributed by atoms with E-state index < -0.39 is 41.9 Å². The number of amides is 1. The highest BCUT2D eigenvalue weighted by Crippen LogP contribution is 2.40. The summed E-state index contributed by atoms with van der Waals surface area (Å²) in [6.45, 7) is 3.09. The second-order valence-electron chi connectivity index (χ2n) is 6.91. The molecular formula is C16H17F6N7O2S. The Labute approximate surface area is 181 Å². The third-order valence-corrected chi connectivity index (χ3v) is 5.52. The maximum Gasteiger partial charge on any atom is 0.438 e. The smallest absolute Gasteiger partial charge is 0.362 e. The number of alkyl halides is 6. The van der Waals surface area contributed by atoms with E-state index in [0.717, 1.165) is 10.7 Å². The number of thioether (sulfide) groups is 1. The van der Waals surface area contributed by atoms with Crippen LogP contribution in [0.2, 0.25) is 0 Å². The van der Waals surface area contributed by atoms with Crippen molar-refractivity contribution in [2.24, 2.45) is 12.1 Å². The maximum atomic E-state index is 13.3. The van der Waals surface area contributed by atoms with E-state index in [1.54, 1.807) is 6.92 Å². The molecule has 16 heteroatoms. The highest BCUT2D eigenvalue weighted by molar-refractivity contribution is 7.99. The summed E-state index contributed by atoms with van der Waals surface area (Å²) >= 11 is 0.711. The minimum absolute atomic E-state index is 0.000374. The van der Waals surface area contributed by atoms with Gasteiger partial charge < -0.3 is 9.67 Å². The summed E-state index contributed by atoms with van der Waals surface area (Å²) in [6.07, 6.45) is -10.7. The van der Waals surface area contributed by atoms with Gasteiger partial charge in [0.2, 0.25) is 0 Å². The predicted octanol–water partition coefficient (Wildman–Crippen LogP) is 2.67. The van der Waals surface area contributed by atoms with Gasteiger partial charge >= 0.3 is 12.4 Å². The molecule has 1 N–H and O–H groups in total. The van der Waals surface area contributed by atoms with Crippen LogP contribution >= 0.6 is 11.8 Å². The SMILES string of the molecule is CCn1c(SCC(=O)N2N=C(C)CC2(O)C(F)(F)F)nnc1-c1cc(C(F)(F)F)nn1C. The number of hydrogen-bond acceptors (Lipinski definition) is 7. The molecule has 9 nitrogen and oxygen atoms in total. The maximum absolute atomic E-state index is 13.3. The van der Waals surface area contributed by atoms with Gasteiger partial charge in [-0.25, -0.2) is 0 Å². The summed E-state index contributed by atoms with van der Waals surface area (Å²) < 4.78 is 81.0. The Kier molecular flexibility index (Phi) is 6.05. The fourth-order valence-corrected chi connectivity index (χ4v) is 3.92. The molecule has 3 rings (SSSR count). The van der Waals surface area contributed by atoms with Crippen LogP contribution in [0.1, 0.15) is 26.0 Å². The number of carbonyl (C=O) groups excluding carboxylic acids is 1. The van der Waals surface area contributed by atoms with Crippen molar-refractivity contribution in [2.75, 3.05) is 5.75 Å². The van der Waals surface area contributed by atoms with E-state index in [0.29, 0.717) is 11.8 Å². The predicted molar refractivity (Wildman–Crippen MR) is 99.2 cm³/mol. The molecule has 1 amide bonds. The van der Waals surface area contributed by atoms with Crippen molar-refractivity contribution < 1.29 is 36.2 Å². The molecule has 0 aromatic carbocycles. The molecule has 0 fully saturated rings. The summed E-state index contributed by atoms with van der Waals surface area (Å²) in [5, 5.41) is 24.7. The Morgan fingerprint density at radius 3 is 2.44 bits per heavy atom. The van der Waals surface area contributed by atoms with E-state index in [2.05, 4.69) is 20.4 Å². The van der Waals surface area contributed by atoms with Gasteiger partial charge in [-0.05, 0) is 19.9 Å². The van der Waals surface area contributed by atoms with Crippen LogP contribution in [0.25, 0.3) is 11.5 Å². The standard InChI is InChI=1S/C16H17F6N7O2S/c1-4-28-12(9-5-10(15(17,18)19)26-27(9)3)23-24-13(28)32-7-11(30)29-14(31,16(20,21)22)6-8(2)25-29/h5,31H,4,6-7H2,1-3H3. The van der Waals surface area contributed by atoms with Gasteiger partial charge in [0.1, 0.15) is 5.69 Å². The highest BCUT2D eigenvalue weighted by Gasteiger charge is 2.62. The van der Waals surface area contributed by atoms with Crippen molar-refractivity contribution in [3.05, 3.63) is 11.8 Å². The van der Waals surface area contributed by atoms with Gasteiger partial charge in [0.05, 0.1) is 5.75 Å². The van der Waals surface area contributed by atoms with Crippen molar-refractivity contribution in [2.45, 2.75) is 50.0 Å². The largest absolute Gasteiger partial charge is 0.438 e. The van der Waals surface area contributed by atoms with Gasteiger partial charge in [0, 0.05) is 25.7 Å². The van der Waals surface area contributed by atoms with Crippen LogP contribution in [-0.2, 0) is 24.6 Å². The summed E-state index contributed by atoms with van der Waals surface area (Å²) in [6, 6.07) is 0.793. The van der Waals surface area contributed by atoms with Crippen LogP contribution in [0.3, 0.4) is 0 Å². The lowest BCUT2D eigenvalue weighted by Crippen LogP contribution is -2.57. The monoisotopic (exact) mass is 485 g/mol. The van der Waals surface area contributed by atoms with Gasteiger partial charge in [-0.3, -0.25) is 9.48 Å². The zero-order chi connectivity index (χ0) is 24.1. The van der Waals surface area contributed by atoms with E-state index in [9.17, 15) is 36.2 Å². The summed E-state index contributed by atoms with van der Waals surface area (Å²) in [5.41, 5.74) is -4.63. The number of hydrazone groups is 1. The first kappa shape index (κ1) is 24.0. The molecule has 1 aliphatic heterocycles. The number of aliphatic hydroxyl groups is 1. The third kappa shape index (κ3) is 4.20. The average Bonchev–Trinajstić information content (AvgIpc) is 3.33. The van der Waals surface area contributed by atoms with Crippen molar-refractivity contribution in [3.63, 3.8) is 0 Å². The van der Waals surface area contributed by atoms with Crippen molar-refractivity contribution in [1.82, 2.24) is 29.6 Å². The van der Waals surface area contributed by atoms with Crippen molar-refractivity contribution in [3.8, 4) is 11.5 Å². The normalized spacial score (nSPS) is 19.6. The zero-order valence-electron chi connectivity index (χ0n) is 16.9. The van der Waals surface area contributed by atoms with Crippen LogP contribution < -0.4 is 0 Å². The Hall–Kier alpha value is -2.62. The highest BCUT2D eigenvalue weighted by atomic mass is 32.2. The van der Waals surface area contributed by atoms with Crippen LogP contribution in [0.15, 0.2) is 16.3 Å². The van der Waals surface area contributed by atoms with E-state index in [1.165, 1.54) is 18.5 Å². The van der Waals surface area contributed by atoms with Gasteiger partial charge in [-0.2, -0.15) is 41.6 Å². The van der Waals surface area contributed by atoms with Gasteiger partial charge in [0.25, 0.3) is 11.6 Å². The lowest BCUT2D eigenvalue weighted by molar-refractivity contribution is -0.301. The summed E-state index contributed by atoms with van der Waals surface area (Å²) in [5.74, 6) is -1.67. The molecule has 1 atom stereocenters. The first-order valence-electron chi connectivity index (χ1n) is 9.03. The topological polar surface area (TPSA) is 101 Å². The second-order valence-corrected chi connectivity index (χ2v) is 7.85. The number of rotatable bonds is 5. The molecule has 0 saturated heterocycles. The minimum Gasteiger partial charge on any atom is -0.362 e. The van der Waals surface area contributed by atoms with E-state index in [1.807, 2.05) is 0 Å². The number of aryl methyl sites for hydroxylation is 1. The van der Waals surface area contributed by atoms with Crippen molar-refractivity contribution in [1.29, 1.82) is 0 Å². The Morgan fingerprint density at radius 2 is 1.91 bits per heavy atom. The molecule has 0 spiro atoms. The molecule has 32 heavy (non-hydrogen) atoms. The molecule has 2 aromatic rings. The van der Waals surface area contributed by atoms with E-state index >= 15 is 0 Å². The van der Waals surface area contributed by atoms with E-state index in [4.69, 9.17) is 0 Å². The van der Waals surface area contributed by atoms with Gasteiger partial charge in [-0.15, -0.1) is 10.2 Å². The Balaban J connectivity index is 1.82. The number of carbonyl (C=O) groups is 1. The zero-order valence-corrected chi connectivity index (χ0v) is 17.7. The Morgan fingerprint density at radius 1 is 1.25 bits per heavy atom. The fourth-order valence-electron chi connectivity index (χ4n) is 3.08. The quantitative estimate of drug-likeness (QED) is 0.516. The molecule has 3 heterocycles. The number of nitrogens with zero attached hydrogens (tertiary/aromatic N) is 7. The number of hydrogen-bond donors (Lipinski definition) is 1. The lowest BCUT2D eigenvalue weighted by Gasteiger charge is -2.32. The molecule has 0 saturated carbocycles. The average molecular weight is 485 g/mol. The molecule has 0 aliphatic carbocycles. The first-order valence-corrected chi connectivity index (χ1v) is 10.0. The minimum atomic E-state index is -5.12. The Bertz CT molecular complexity index is 1060. The van der Waals surface area contributed by atoms with E-state index in [-0.39, 0.29) is 33.9 Å². The molecule has 176 valence electrons. The molecular weight excluding hydrogens is 468 g/mol. The fraction of sp³-hybridized carbons (Fsp3) is 0.562. The van der Waals surface area contributed by atoms with Gasteiger partial charge in [-0.1, -0.05) is 11.8 Å². The van der Waals surface area contributed by atoms with Crippen LogP contribution in [0, 0.1) is 0 Å². The summed E-state index contributed by atoms with van der Waals surface area (Å²) in [4.78, 5) is 12.4. The van der Waals surface area contributed by atoms with Crippen molar-refractivity contribution >= 4 is 23.4 Å². The summed E-state index contributed by atoms with van der Waals surface area (Å²) in [7, 11) is 1.29. The number of halogens is 6. The van der Waals surface area contributed by atoms with Crippen LogP contribution in [0.4, 0.5) is 26.3 Å². The molecule has 2 aromatic heterocycles. The lowest BCUT2D eigenvalue weighted by atomic mass is 10.1. The number of aromatic nitrogens is 5. The van der Waals surface area contributed by atoms with Gasteiger partial charge in [0.15, 0.2) is 16.7 Å². The molecule has 1 unspecified atom stereocenters. The third-order valence-electron chi connectivity index (χ3n) is 4.57. The first-order chi connectivity index (χ1) is 14.7.